The minimum absolute atomic E-state index is 0.195. The van der Waals surface area contributed by atoms with Crippen LogP contribution in [0.3, 0.4) is 0 Å². The summed E-state index contributed by atoms with van der Waals surface area (Å²) >= 11 is 1.77. The Labute approximate surface area is 127 Å². The van der Waals surface area contributed by atoms with Crippen molar-refractivity contribution in [2.75, 3.05) is 7.11 Å². The van der Waals surface area contributed by atoms with Crippen LogP contribution in [0.15, 0.2) is 22.6 Å². The van der Waals surface area contributed by atoms with Crippen molar-refractivity contribution in [1.82, 2.24) is 0 Å². The van der Waals surface area contributed by atoms with E-state index in [1.807, 2.05) is 0 Å². The molecule has 5 heteroatoms. The third-order valence-electron chi connectivity index (χ3n) is 3.89. The molecule has 112 valence electrons. The molecule has 0 aromatic carbocycles. The molecular weight excluding hydrogens is 286 g/mol. The van der Waals surface area contributed by atoms with Gasteiger partial charge in [0.15, 0.2) is 0 Å². The van der Waals surface area contributed by atoms with Gasteiger partial charge in [0.25, 0.3) is 0 Å². The first-order valence-electron chi connectivity index (χ1n) is 7.24. The number of aryl methyl sites for hydroxylation is 2. The molecule has 2 aromatic rings. The van der Waals surface area contributed by atoms with Crippen molar-refractivity contribution in [2.45, 2.75) is 38.1 Å². The van der Waals surface area contributed by atoms with Crippen molar-refractivity contribution >= 4 is 17.3 Å². The van der Waals surface area contributed by atoms with Crippen molar-refractivity contribution < 1.29 is 13.9 Å². The van der Waals surface area contributed by atoms with Crippen LogP contribution >= 0.6 is 11.3 Å². The molecule has 1 unspecified atom stereocenters. The van der Waals surface area contributed by atoms with E-state index in [-0.39, 0.29) is 11.8 Å². The lowest BCUT2D eigenvalue weighted by Gasteiger charge is -2.05. The van der Waals surface area contributed by atoms with Gasteiger partial charge in [-0.25, -0.2) is 4.79 Å². The fourth-order valence-corrected chi connectivity index (χ4v) is 3.98. The van der Waals surface area contributed by atoms with Crippen LogP contribution in [-0.4, -0.2) is 13.1 Å². The van der Waals surface area contributed by atoms with Crippen LogP contribution in [0.2, 0.25) is 0 Å². The van der Waals surface area contributed by atoms with Crippen LogP contribution in [0.1, 0.15) is 56.9 Å². The largest absolute Gasteiger partial charge is 0.463 e. The summed E-state index contributed by atoms with van der Waals surface area (Å²) in [6, 6.07) is 5.25. The topological polar surface area (TPSA) is 65.5 Å². The number of fused-ring (bicyclic) bond motifs is 1. The van der Waals surface area contributed by atoms with E-state index in [4.69, 9.17) is 10.2 Å². The smallest absolute Gasteiger partial charge is 0.373 e. The Morgan fingerprint density at radius 2 is 2.14 bits per heavy atom. The number of methoxy groups -OCH3 is 1. The van der Waals surface area contributed by atoms with Gasteiger partial charge in [0, 0.05) is 9.75 Å². The van der Waals surface area contributed by atoms with Crippen LogP contribution in [0.25, 0.3) is 0 Å². The molecule has 1 aliphatic carbocycles. The average molecular weight is 305 g/mol. The van der Waals surface area contributed by atoms with Gasteiger partial charge in [-0.05, 0) is 49.4 Å². The minimum atomic E-state index is -0.476. The first-order chi connectivity index (χ1) is 10.2. The van der Waals surface area contributed by atoms with Gasteiger partial charge in [0.05, 0.1) is 13.2 Å². The molecule has 0 radical (unpaired) electrons. The van der Waals surface area contributed by atoms with Gasteiger partial charge in [0.2, 0.25) is 5.76 Å². The molecule has 2 heterocycles. The normalized spacial score (nSPS) is 16.1. The van der Waals surface area contributed by atoms with E-state index in [1.165, 1.54) is 36.8 Å². The third-order valence-corrected chi connectivity index (χ3v) is 5.21. The molecule has 2 N–H and O–H groups in total. The number of hydrogen-bond acceptors (Lipinski definition) is 5. The highest BCUT2D eigenvalue weighted by molar-refractivity contribution is 7.12. The molecule has 4 nitrogen and oxygen atoms in total. The maximum absolute atomic E-state index is 11.4. The number of furan rings is 1. The van der Waals surface area contributed by atoms with E-state index in [1.54, 1.807) is 23.5 Å². The van der Waals surface area contributed by atoms with Gasteiger partial charge in [-0.3, -0.25) is 0 Å². The Balaban J connectivity index is 1.83. The molecule has 0 bridgehead atoms. The molecule has 3 rings (SSSR count). The minimum Gasteiger partial charge on any atom is -0.463 e. The van der Waals surface area contributed by atoms with Gasteiger partial charge >= 0.3 is 5.97 Å². The van der Waals surface area contributed by atoms with Crippen molar-refractivity contribution in [3.63, 3.8) is 0 Å². The molecule has 0 amide bonds. The maximum Gasteiger partial charge on any atom is 0.373 e. The Hall–Kier alpha value is -1.59. The van der Waals surface area contributed by atoms with Crippen molar-refractivity contribution in [3.8, 4) is 0 Å². The predicted octanol–water partition coefficient (Wildman–Crippen LogP) is 3.44. The van der Waals surface area contributed by atoms with Gasteiger partial charge in [-0.15, -0.1) is 11.3 Å². The second-order valence-corrected chi connectivity index (χ2v) is 6.50. The standard InChI is InChI=1S/C16H19NO3S/c1-19-16(18)12-8-7-11(20-12)15(17)14-9-10-5-3-2-4-6-13(10)21-14/h7-9,15H,2-6,17H2,1H3. The van der Waals surface area contributed by atoms with Crippen molar-refractivity contribution in [2.24, 2.45) is 5.73 Å². The van der Waals surface area contributed by atoms with Crippen molar-refractivity contribution in [1.29, 1.82) is 0 Å². The molecule has 0 aliphatic heterocycles. The Morgan fingerprint density at radius 1 is 1.33 bits per heavy atom. The summed E-state index contributed by atoms with van der Waals surface area (Å²) in [5, 5.41) is 0. The van der Waals surface area contributed by atoms with Crippen LogP contribution in [-0.2, 0) is 17.6 Å². The summed E-state index contributed by atoms with van der Waals surface area (Å²) in [6.45, 7) is 0. The maximum atomic E-state index is 11.4. The predicted molar refractivity (Wildman–Crippen MR) is 81.7 cm³/mol. The number of ether oxygens (including phenoxy) is 1. The fourth-order valence-electron chi connectivity index (χ4n) is 2.71. The van der Waals surface area contributed by atoms with Gasteiger partial charge < -0.3 is 14.9 Å². The second kappa shape index (κ2) is 6.03. The van der Waals surface area contributed by atoms with Crippen LogP contribution in [0, 0.1) is 0 Å². The van der Waals surface area contributed by atoms with Gasteiger partial charge in [-0.1, -0.05) is 6.42 Å². The van der Waals surface area contributed by atoms with E-state index in [0.717, 1.165) is 17.7 Å². The molecule has 0 fully saturated rings. The molecular formula is C16H19NO3S. The monoisotopic (exact) mass is 305 g/mol. The summed E-state index contributed by atoms with van der Waals surface area (Å²) in [4.78, 5) is 14.0. The van der Waals surface area contributed by atoms with E-state index >= 15 is 0 Å². The number of carbonyl (C=O) groups excluding carboxylic acids is 1. The number of nitrogens with two attached hydrogens (primary N) is 1. The molecule has 0 saturated heterocycles. The van der Waals surface area contributed by atoms with Gasteiger partial charge in [-0.2, -0.15) is 0 Å². The molecule has 1 aliphatic rings. The quantitative estimate of drug-likeness (QED) is 0.697. The summed E-state index contributed by atoms with van der Waals surface area (Å²) < 4.78 is 10.2. The SMILES string of the molecule is COC(=O)c1ccc(C(N)c2cc3c(s2)CCCCC3)o1. The molecule has 21 heavy (non-hydrogen) atoms. The number of hydrogen-bond donors (Lipinski definition) is 1. The third kappa shape index (κ3) is 2.89. The fraction of sp³-hybridized carbons (Fsp3) is 0.438. The lowest BCUT2D eigenvalue weighted by molar-refractivity contribution is 0.0562. The zero-order valence-corrected chi connectivity index (χ0v) is 12.9. The lowest BCUT2D eigenvalue weighted by Crippen LogP contribution is -2.09. The number of carbonyl (C=O) groups is 1. The molecule has 2 aromatic heterocycles. The van der Waals surface area contributed by atoms with Crippen LogP contribution in [0.5, 0.6) is 0 Å². The first-order valence-corrected chi connectivity index (χ1v) is 8.06. The number of rotatable bonds is 3. The number of esters is 1. The highest BCUT2D eigenvalue weighted by Crippen LogP contribution is 2.34. The van der Waals surface area contributed by atoms with E-state index in [0.29, 0.717) is 5.76 Å². The highest BCUT2D eigenvalue weighted by atomic mass is 32.1. The number of thiophene rings is 1. The van der Waals surface area contributed by atoms with Crippen LogP contribution < -0.4 is 5.73 Å². The summed E-state index contributed by atoms with van der Waals surface area (Å²) in [5.74, 6) is 0.322. The summed E-state index contributed by atoms with van der Waals surface area (Å²) in [6.07, 6.45) is 6.12. The summed E-state index contributed by atoms with van der Waals surface area (Å²) in [5.41, 5.74) is 7.72. The molecule has 0 spiro atoms. The van der Waals surface area contributed by atoms with E-state index < -0.39 is 5.97 Å². The van der Waals surface area contributed by atoms with Crippen LogP contribution in [0.4, 0.5) is 0 Å². The van der Waals surface area contributed by atoms with E-state index in [2.05, 4.69) is 10.8 Å². The van der Waals surface area contributed by atoms with Gasteiger partial charge in [0.1, 0.15) is 5.76 Å². The van der Waals surface area contributed by atoms with E-state index in [9.17, 15) is 4.79 Å². The second-order valence-electron chi connectivity index (χ2n) is 5.33. The Kier molecular flexibility index (Phi) is 4.12. The zero-order valence-electron chi connectivity index (χ0n) is 12.1. The lowest BCUT2D eigenvalue weighted by atomic mass is 10.1. The zero-order chi connectivity index (χ0) is 14.8. The Morgan fingerprint density at radius 3 is 2.95 bits per heavy atom. The summed E-state index contributed by atoms with van der Waals surface area (Å²) in [7, 11) is 1.33. The van der Waals surface area contributed by atoms with Crippen molar-refractivity contribution in [3.05, 3.63) is 45.0 Å². The Bertz CT molecular complexity index is 620. The molecule has 0 saturated carbocycles. The first kappa shape index (κ1) is 14.4. The molecule has 1 atom stereocenters. The average Bonchev–Trinajstić information content (AvgIpc) is 3.09. The highest BCUT2D eigenvalue weighted by Gasteiger charge is 2.21.